The number of aliphatic hydroxyl groups is 1. The summed E-state index contributed by atoms with van der Waals surface area (Å²) < 4.78 is 51.8. The molecular formula is C29H35NO7S. The van der Waals surface area contributed by atoms with Crippen LogP contribution in [-0.2, 0) is 48.8 Å². The highest BCUT2D eigenvalue weighted by molar-refractivity contribution is 7.88. The molecule has 1 aliphatic rings. The fourth-order valence-corrected chi connectivity index (χ4v) is 4.91. The predicted molar refractivity (Wildman–Crippen MR) is 144 cm³/mol. The van der Waals surface area contributed by atoms with Crippen LogP contribution in [0.25, 0.3) is 0 Å². The van der Waals surface area contributed by atoms with Crippen LogP contribution < -0.4 is 4.72 Å². The molecule has 0 amide bonds. The number of benzene rings is 3. The highest BCUT2D eigenvalue weighted by Crippen LogP contribution is 2.33. The molecule has 1 unspecified atom stereocenters. The van der Waals surface area contributed by atoms with Crippen LogP contribution in [0, 0.1) is 0 Å². The Kier molecular flexibility index (Phi) is 10.0. The number of aliphatic hydroxyl groups excluding tert-OH is 1. The van der Waals surface area contributed by atoms with E-state index in [1.54, 1.807) is 0 Å². The standard InChI is InChI=1S/C29H35NO7S/c1-38(32,33)30-21-29(22-31)28(36-19-25-15-9-4-10-16-25)27(35-18-24-13-7-3-8-14-24)26(20-37-29)34-17-23-11-5-2-6-12-23/h2-16,26-28,30-31H,17-22H2,1H3/t26-,27-,28+,29?/m1/s1. The monoisotopic (exact) mass is 541 g/mol. The maximum atomic E-state index is 12.0. The van der Waals surface area contributed by atoms with Gasteiger partial charge in [0.25, 0.3) is 0 Å². The van der Waals surface area contributed by atoms with Crippen molar-refractivity contribution in [3.8, 4) is 0 Å². The highest BCUT2D eigenvalue weighted by atomic mass is 32.2. The molecule has 1 aliphatic heterocycles. The second-order valence-electron chi connectivity index (χ2n) is 9.44. The van der Waals surface area contributed by atoms with E-state index in [1.807, 2.05) is 91.0 Å². The summed E-state index contributed by atoms with van der Waals surface area (Å²) in [5, 5.41) is 10.6. The largest absolute Gasteiger partial charge is 0.393 e. The Bertz CT molecular complexity index is 1210. The molecule has 1 fully saturated rings. The highest BCUT2D eigenvalue weighted by Gasteiger charge is 2.53. The Hall–Kier alpha value is -2.63. The van der Waals surface area contributed by atoms with Crippen molar-refractivity contribution in [2.45, 2.75) is 43.7 Å². The van der Waals surface area contributed by atoms with Gasteiger partial charge in [0, 0.05) is 6.54 Å². The van der Waals surface area contributed by atoms with Gasteiger partial charge in [0.05, 0.1) is 39.3 Å². The van der Waals surface area contributed by atoms with Gasteiger partial charge in [-0.25, -0.2) is 13.1 Å². The van der Waals surface area contributed by atoms with Gasteiger partial charge in [-0.05, 0) is 16.7 Å². The molecule has 3 aromatic carbocycles. The van der Waals surface area contributed by atoms with E-state index in [1.165, 1.54) is 0 Å². The molecule has 8 nitrogen and oxygen atoms in total. The van der Waals surface area contributed by atoms with Crippen LogP contribution >= 0.6 is 0 Å². The zero-order valence-electron chi connectivity index (χ0n) is 21.4. The molecule has 38 heavy (non-hydrogen) atoms. The average Bonchev–Trinajstić information content (AvgIpc) is 2.94. The molecule has 3 aromatic rings. The molecule has 1 saturated heterocycles. The summed E-state index contributed by atoms with van der Waals surface area (Å²) in [5.74, 6) is 0. The summed E-state index contributed by atoms with van der Waals surface area (Å²) in [6, 6.07) is 29.1. The minimum absolute atomic E-state index is 0.0868. The summed E-state index contributed by atoms with van der Waals surface area (Å²) in [5.41, 5.74) is 1.50. The van der Waals surface area contributed by atoms with Crippen molar-refractivity contribution in [2.24, 2.45) is 0 Å². The molecule has 2 N–H and O–H groups in total. The zero-order valence-corrected chi connectivity index (χ0v) is 22.3. The minimum atomic E-state index is -3.56. The Morgan fingerprint density at radius 3 is 1.76 bits per heavy atom. The van der Waals surface area contributed by atoms with Crippen molar-refractivity contribution in [1.82, 2.24) is 4.72 Å². The lowest BCUT2D eigenvalue weighted by Gasteiger charge is -2.49. The quantitative estimate of drug-likeness (QED) is 0.343. The van der Waals surface area contributed by atoms with E-state index in [-0.39, 0.29) is 26.4 Å². The predicted octanol–water partition coefficient (Wildman–Crippen LogP) is 3.05. The fourth-order valence-electron chi connectivity index (χ4n) is 4.40. The van der Waals surface area contributed by atoms with Crippen LogP contribution in [0.1, 0.15) is 16.7 Å². The third-order valence-corrected chi connectivity index (χ3v) is 7.15. The van der Waals surface area contributed by atoms with E-state index in [2.05, 4.69) is 4.72 Å². The van der Waals surface area contributed by atoms with Crippen molar-refractivity contribution in [1.29, 1.82) is 0 Å². The van der Waals surface area contributed by atoms with Gasteiger partial charge in [-0.1, -0.05) is 91.0 Å². The van der Waals surface area contributed by atoms with E-state index >= 15 is 0 Å². The lowest BCUT2D eigenvalue weighted by atomic mass is 9.87. The molecule has 0 aliphatic carbocycles. The minimum Gasteiger partial charge on any atom is -0.393 e. The Balaban J connectivity index is 1.63. The molecule has 4 atom stereocenters. The Morgan fingerprint density at radius 2 is 1.29 bits per heavy atom. The smallest absolute Gasteiger partial charge is 0.208 e. The molecule has 9 heteroatoms. The summed E-state index contributed by atoms with van der Waals surface area (Å²) >= 11 is 0. The van der Waals surface area contributed by atoms with Gasteiger partial charge in [0.2, 0.25) is 10.0 Å². The van der Waals surface area contributed by atoms with Gasteiger partial charge in [-0.3, -0.25) is 0 Å². The number of hydrogen-bond donors (Lipinski definition) is 2. The third kappa shape index (κ3) is 7.94. The van der Waals surface area contributed by atoms with Gasteiger partial charge in [0.1, 0.15) is 23.9 Å². The number of sulfonamides is 1. The van der Waals surface area contributed by atoms with Crippen LogP contribution in [0.3, 0.4) is 0 Å². The number of nitrogens with one attached hydrogen (secondary N) is 1. The SMILES string of the molecule is CS(=O)(=O)NCC1(CO)OC[C@@H](OCc2ccccc2)[C@@H](OCc2ccccc2)[C@@H]1OCc1ccccc1. The number of rotatable bonds is 13. The first-order valence-corrected chi connectivity index (χ1v) is 14.4. The molecule has 204 valence electrons. The first-order valence-electron chi connectivity index (χ1n) is 12.5. The molecule has 0 spiro atoms. The molecule has 4 rings (SSSR count). The lowest BCUT2D eigenvalue weighted by molar-refractivity contribution is -0.280. The normalized spacial score (nSPS) is 23.8. The van der Waals surface area contributed by atoms with Crippen molar-refractivity contribution in [2.75, 3.05) is 26.0 Å². The summed E-state index contributed by atoms with van der Waals surface area (Å²) in [6.07, 6.45) is -0.974. The van der Waals surface area contributed by atoms with Crippen LogP contribution in [-0.4, -0.2) is 63.5 Å². The van der Waals surface area contributed by atoms with E-state index in [0.29, 0.717) is 6.61 Å². The summed E-state index contributed by atoms with van der Waals surface area (Å²) in [7, 11) is -3.56. The zero-order chi connectivity index (χ0) is 26.8. The molecule has 0 saturated carbocycles. The van der Waals surface area contributed by atoms with Crippen molar-refractivity contribution < 1.29 is 32.5 Å². The molecule has 1 heterocycles. The molecule has 0 bridgehead atoms. The average molecular weight is 542 g/mol. The van der Waals surface area contributed by atoms with Gasteiger partial charge >= 0.3 is 0 Å². The lowest BCUT2D eigenvalue weighted by Crippen LogP contribution is -2.68. The van der Waals surface area contributed by atoms with Crippen LogP contribution in [0.2, 0.25) is 0 Å². The first kappa shape index (κ1) is 28.4. The van der Waals surface area contributed by atoms with E-state index in [9.17, 15) is 13.5 Å². The van der Waals surface area contributed by atoms with Crippen LogP contribution in [0.15, 0.2) is 91.0 Å². The fraction of sp³-hybridized carbons (Fsp3) is 0.379. The van der Waals surface area contributed by atoms with Crippen molar-refractivity contribution >= 4 is 10.0 Å². The molecular weight excluding hydrogens is 506 g/mol. The number of ether oxygens (including phenoxy) is 4. The van der Waals surface area contributed by atoms with Crippen LogP contribution in [0.5, 0.6) is 0 Å². The van der Waals surface area contributed by atoms with E-state index in [4.69, 9.17) is 18.9 Å². The second kappa shape index (κ2) is 13.4. The van der Waals surface area contributed by atoms with Gasteiger partial charge in [-0.2, -0.15) is 0 Å². The maximum Gasteiger partial charge on any atom is 0.208 e. The van der Waals surface area contributed by atoms with E-state index < -0.39 is 40.5 Å². The van der Waals surface area contributed by atoms with Gasteiger partial charge in [-0.15, -0.1) is 0 Å². The van der Waals surface area contributed by atoms with Gasteiger partial charge in [0.15, 0.2) is 0 Å². The van der Waals surface area contributed by atoms with Crippen molar-refractivity contribution in [3.05, 3.63) is 108 Å². The Morgan fingerprint density at radius 1 is 0.816 bits per heavy atom. The van der Waals surface area contributed by atoms with Crippen molar-refractivity contribution in [3.63, 3.8) is 0 Å². The van der Waals surface area contributed by atoms with E-state index in [0.717, 1.165) is 22.9 Å². The Labute approximate surface area is 224 Å². The topological polar surface area (TPSA) is 103 Å². The van der Waals surface area contributed by atoms with Gasteiger partial charge < -0.3 is 24.1 Å². The number of hydrogen-bond acceptors (Lipinski definition) is 7. The molecule has 0 radical (unpaired) electrons. The third-order valence-electron chi connectivity index (χ3n) is 6.48. The summed E-state index contributed by atoms with van der Waals surface area (Å²) in [4.78, 5) is 0. The molecule has 0 aromatic heterocycles. The van der Waals surface area contributed by atoms with Crippen LogP contribution in [0.4, 0.5) is 0 Å². The maximum absolute atomic E-state index is 12.0. The second-order valence-corrected chi connectivity index (χ2v) is 11.3. The summed E-state index contributed by atoms with van der Waals surface area (Å²) in [6.45, 7) is 0.252. The first-order chi connectivity index (χ1) is 18.4.